The molecule has 2 rings (SSSR count). The van der Waals surface area contributed by atoms with Crippen LogP contribution in [0, 0.1) is 6.92 Å². The highest BCUT2D eigenvalue weighted by atomic mass is 16.4. The summed E-state index contributed by atoms with van der Waals surface area (Å²) in [7, 11) is 0. The van der Waals surface area contributed by atoms with E-state index in [1.54, 1.807) is 12.1 Å². The van der Waals surface area contributed by atoms with E-state index in [9.17, 15) is 9.90 Å². The van der Waals surface area contributed by atoms with Crippen molar-refractivity contribution in [3.05, 3.63) is 23.4 Å². The van der Waals surface area contributed by atoms with Gasteiger partial charge >= 0.3 is 5.97 Å². The van der Waals surface area contributed by atoms with E-state index in [4.69, 9.17) is 0 Å². The second kappa shape index (κ2) is 6.04. The van der Waals surface area contributed by atoms with Crippen molar-refractivity contribution >= 4 is 11.8 Å². The summed E-state index contributed by atoms with van der Waals surface area (Å²) in [6.45, 7) is 5.00. The summed E-state index contributed by atoms with van der Waals surface area (Å²) in [5.74, 6) is -0.228. The number of aromatic nitrogens is 1. The Morgan fingerprint density at radius 1 is 1.47 bits per heavy atom. The summed E-state index contributed by atoms with van der Waals surface area (Å²) in [4.78, 5) is 18.1. The molecule has 19 heavy (non-hydrogen) atoms. The van der Waals surface area contributed by atoms with Gasteiger partial charge in [-0.3, -0.25) is 0 Å². The number of hydrogen-bond acceptors (Lipinski definition) is 3. The molecule has 0 amide bonds. The van der Waals surface area contributed by atoms with Gasteiger partial charge in [0.05, 0.1) is 0 Å². The molecule has 4 nitrogen and oxygen atoms in total. The molecule has 1 aliphatic heterocycles. The smallest absolute Gasteiger partial charge is 0.339 e. The third-order valence-corrected chi connectivity index (χ3v) is 3.77. The lowest BCUT2D eigenvalue weighted by molar-refractivity contribution is 0.0697. The van der Waals surface area contributed by atoms with Crippen LogP contribution in [0.15, 0.2) is 12.1 Å². The second-order valence-corrected chi connectivity index (χ2v) is 5.26. The molecule has 104 valence electrons. The van der Waals surface area contributed by atoms with Crippen molar-refractivity contribution in [2.45, 2.75) is 52.0 Å². The maximum atomic E-state index is 11.4. The van der Waals surface area contributed by atoms with Gasteiger partial charge in [0.2, 0.25) is 0 Å². The van der Waals surface area contributed by atoms with Crippen molar-refractivity contribution in [2.75, 3.05) is 11.4 Å². The molecular weight excluding hydrogens is 240 g/mol. The zero-order valence-electron chi connectivity index (χ0n) is 11.7. The van der Waals surface area contributed by atoms with Crippen molar-refractivity contribution in [1.29, 1.82) is 0 Å². The first-order valence-electron chi connectivity index (χ1n) is 7.11. The molecule has 0 bridgehead atoms. The lowest BCUT2D eigenvalue weighted by atomic mass is 9.97. The van der Waals surface area contributed by atoms with Gasteiger partial charge in [-0.15, -0.1) is 0 Å². The average Bonchev–Trinajstić information content (AvgIpc) is 2.39. The van der Waals surface area contributed by atoms with Crippen LogP contribution >= 0.6 is 0 Å². The molecule has 1 fully saturated rings. The van der Waals surface area contributed by atoms with E-state index in [0.717, 1.165) is 37.9 Å². The zero-order valence-corrected chi connectivity index (χ0v) is 11.7. The Hall–Kier alpha value is -1.58. The molecule has 1 saturated heterocycles. The van der Waals surface area contributed by atoms with E-state index in [2.05, 4.69) is 16.8 Å². The SMILES string of the molecule is CCCC1CCCCN1c1nc(C)ccc1C(=O)O. The summed E-state index contributed by atoms with van der Waals surface area (Å²) >= 11 is 0. The number of aromatic carboxylic acids is 1. The Kier molecular flexibility index (Phi) is 4.40. The summed E-state index contributed by atoms with van der Waals surface area (Å²) in [6, 6.07) is 3.88. The number of carbonyl (C=O) groups is 1. The topological polar surface area (TPSA) is 53.4 Å². The molecule has 1 aromatic rings. The van der Waals surface area contributed by atoms with E-state index in [1.807, 2.05) is 6.92 Å². The normalized spacial score (nSPS) is 19.5. The first-order chi connectivity index (χ1) is 9.13. The van der Waals surface area contributed by atoms with Crippen molar-refractivity contribution < 1.29 is 9.90 Å². The fourth-order valence-electron chi connectivity index (χ4n) is 2.84. The highest BCUT2D eigenvalue weighted by Gasteiger charge is 2.26. The van der Waals surface area contributed by atoms with Crippen LogP contribution < -0.4 is 4.90 Å². The molecule has 1 aromatic heterocycles. The van der Waals surface area contributed by atoms with Gasteiger partial charge in [-0.1, -0.05) is 13.3 Å². The van der Waals surface area contributed by atoms with E-state index in [-0.39, 0.29) is 0 Å². The molecule has 1 atom stereocenters. The standard InChI is InChI=1S/C15H22N2O2/c1-3-6-12-7-4-5-10-17(12)14-13(15(18)19)9-8-11(2)16-14/h8-9,12H,3-7,10H2,1-2H3,(H,18,19). The van der Waals surface area contributed by atoms with Crippen molar-refractivity contribution in [1.82, 2.24) is 4.98 Å². The van der Waals surface area contributed by atoms with Crippen LogP contribution in [0.3, 0.4) is 0 Å². The van der Waals surface area contributed by atoms with Gasteiger partial charge in [-0.05, 0) is 44.7 Å². The van der Waals surface area contributed by atoms with Gasteiger partial charge in [0.1, 0.15) is 11.4 Å². The molecular formula is C15H22N2O2. The van der Waals surface area contributed by atoms with Crippen LogP contribution in [-0.4, -0.2) is 28.6 Å². The van der Waals surface area contributed by atoms with Crippen LogP contribution in [0.25, 0.3) is 0 Å². The molecule has 0 aromatic carbocycles. The minimum Gasteiger partial charge on any atom is -0.478 e. The summed E-state index contributed by atoms with van der Waals surface area (Å²) in [5.41, 5.74) is 1.20. The Labute approximate surface area is 114 Å². The Morgan fingerprint density at radius 2 is 2.26 bits per heavy atom. The molecule has 0 spiro atoms. The van der Waals surface area contributed by atoms with Gasteiger partial charge in [-0.25, -0.2) is 9.78 Å². The predicted molar refractivity (Wildman–Crippen MR) is 75.8 cm³/mol. The fraction of sp³-hybridized carbons (Fsp3) is 0.600. The highest BCUT2D eigenvalue weighted by Crippen LogP contribution is 2.28. The van der Waals surface area contributed by atoms with Crippen LogP contribution in [-0.2, 0) is 0 Å². The van der Waals surface area contributed by atoms with Crippen LogP contribution in [0.4, 0.5) is 5.82 Å². The van der Waals surface area contributed by atoms with Crippen LogP contribution in [0.1, 0.15) is 55.1 Å². The molecule has 0 saturated carbocycles. The van der Waals surface area contributed by atoms with E-state index >= 15 is 0 Å². The molecule has 4 heteroatoms. The third-order valence-electron chi connectivity index (χ3n) is 3.77. The maximum Gasteiger partial charge on any atom is 0.339 e. The van der Waals surface area contributed by atoms with Gasteiger partial charge in [0.25, 0.3) is 0 Å². The van der Waals surface area contributed by atoms with Gasteiger partial charge in [-0.2, -0.15) is 0 Å². The molecule has 2 heterocycles. The van der Waals surface area contributed by atoms with Crippen molar-refractivity contribution in [3.63, 3.8) is 0 Å². The zero-order chi connectivity index (χ0) is 13.8. The van der Waals surface area contributed by atoms with E-state index in [0.29, 0.717) is 17.4 Å². The maximum absolute atomic E-state index is 11.4. The third kappa shape index (κ3) is 3.06. The number of carboxylic acid groups (broad SMARTS) is 1. The minimum atomic E-state index is -0.886. The van der Waals surface area contributed by atoms with Gasteiger partial charge in [0, 0.05) is 18.3 Å². The molecule has 1 aliphatic rings. The average molecular weight is 262 g/mol. The predicted octanol–water partition coefficient (Wildman–Crippen LogP) is 3.25. The molecule has 0 radical (unpaired) electrons. The number of hydrogen-bond donors (Lipinski definition) is 1. The number of anilines is 1. The second-order valence-electron chi connectivity index (χ2n) is 5.26. The Balaban J connectivity index is 2.37. The number of pyridine rings is 1. The number of aryl methyl sites for hydroxylation is 1. The molecule has 1 unspecified atom stereocenters. The van der Waals surface area contributed by atoms with Gasteiger partial charge < -0.3 is 10.0 Å². The van der Waals surface area contributed by atoms with E-state index in [1.165, 1.54) is 6.42 Å². The summed E-state index contributed by atoms with van der Waals surface area (Å²) < 4.78 is 0. The molecule has 1 N–H and O–H groups in total. The quantitative estimate of drug-likeness (QED) is 0.905. The van der Waals surface area contributed by atoms with Crippen LogP contribution in [0.2, 0.25) is 0 Å². The minimum absolute atomic E-state index is 0.327. The summed E-state index contributed by atoms with van der Waals surface area (Å²) in [6.07, 6.45) is 5.72. The van der Waals surface area contributed by atoms with Crippen LogP contribution in [0.5, 0.6) is 0 Å². The van der Waals surface area contributed by atoms with Crippen molar-refractivity contribution in [3.8, 4) is 0 Å². The number of carboxylic acids is 1. The Morgan fingerprint density at radius 3 is 2.95 bits per heavy atom. The number of piperidine rings is 1. The first-order valence-corrected chi connectivity index (χ1v) is 7.11. The highest BCUT2D eigenvalue weighted by molar-refractivity contribution is 5.93. The fourth-order valence-corrected chi connectivity index (χ4v) is 2.84. The largest absolute Gasteiger partial charge is 0.478 e. The Bertz CT molecular complexity index is 457. The summed E-state index contributed by atoms with van der Waals surface area (Å²) in [5, 5.41) is 9.34. The van der Waals surface area contributed by atoms with Crippen molar-refractivity contribution in [2.24, 2.45) is 0 Å². The lowest BCUT2D eigenvalue weighted by Gasteiger charge is -2.37. The monoisotopic (exact) mass is 262 g/mol. The first kappa shape index (κ1) is 13.8. The lowest BCUT2D eigenvalue weighted by Crippen LogP contribution is -2.41. The van der Waals surface area contributed by atoms with E-state index < -0.39 is 5.97 Å². The van der Waals surface area contributed by atoms with Gasteiger partial charge in [0.15, 0.2) is 0 Å². The number of nitrogens with zero attached hydrogens (tertiary/aromatic N) is 2. The molecule has 0 aliphatic carbocycles. The number of rotatable bonds is 4.